The number of hydrogen-bond acceptors (Lipinski definition) is 6. The van der Waals surface area contributed by atoms with Crippen molar-refractivity contribution in [2.75, 3.05) is 0 Å². The molecule has 5 aliphatic heterocycles. The molecule has 2 N–H and O–H groups in total. The molecule has 0 aromatic rings. The molecule has 0 unspecified atom stereocenters. The van der Waals surface area contributed by atoms with Crippen LogP contribution in [0.1, 0.15) is 40.5 Å². The van der Waals surface area contributed by atoms with Gasteiger partial charge in [0.25, 0.3) is 0 Å². The molecule has 5 rings (SSSR count). The van der Waals surface area contributed by atoms with E-state index in [1.54, 1.807) is 0 Å². The van der Waals surface area contributed by atoms with E-state index in [2.05, 4.69) is 45.0 Å². The highest BCUT2D eigenvalue weighted by molar-refractivity contribution is 6.18. The topological polar surface area (TPSA) is 96.8 Å². The van der Waals surface area contributed by atoms with Crippen molar-refractivity contribution in [2.45, 2.75) is 40.5 Å². The number of fused-ring (bicyclic) bond motifs is 5. The zero-order valence-electron chi connectivity index (χ0n) is 18.7. The second kappa shape index (κ2) is 6.85. The van der Waals surface area contributed by atoms with Crippen LogP contribution in [0.5, 0.6) is 0 Å². The molecule has 5 aliphatic rings. The maximum absolute atomic E-state index is 9.67. The van der Waals surface area contributed by atoms with E-state index in [1.165, 1.54) is 0 Å². The van der Waals surface area contributed by atoms with Gasteiger partial charge in [0.05, 0.1) is 34.0 Å². The molecule has 0 aliphatic carbocycles. The summed E-state index contributed by atoms with van der Waals surface area (Å²) in [5, 5.41) is 20.9. The lowest BCUT2D eigenvalue weighted by Crippen LogP contribution is -2.17. The Morgan fingerprint density at radius 3 is 2.38 bits per heavy atom. The van der Waals surface area contributed by atoms with Crippen LogP contribution in [0.25, 0.3) is 0 Å². The fourth-order valence-corrected chi connectivity index (χ4v) is 4.55. The quantitative estimate of drug-likeness (QED) is 0.548. The fourth-order valence-electron chi connectivity index (χ4n) is 4.55. The Labute approximate surface area is 187 Å². The Morgan fingerprint density at radius 1 is 0.875 bits per heavy atom. The second-order valence-electron chi connectivity index (χ2n) is 9.95. The first kappa shape index (κ1) is 20.1. The summed E-state index contributed by atoms with van der Waals surface area (Å²) in [6.07, 6.45) is 13.2. The normalized spacial score (nSPS) is 24.5. The van der Waals surface area contributed by atoms with Crippen LogP contribution in [0.4, 0.5) is 0 Å². The summed E-state index contributed by atoms with van der Waals surface area (Å²) in [7, 11) is 0. The molecule has 0 amide bonds. The van der Waals surface area contributed by atoms with Gasteiger partial charge in [0.1, 0.15) is 6.07 Å². The van der Waals surface area contributed by atoms with E-state index < -0.39 is 0 Å². The monoisotopic (exact) mass is 420 g/mol. The number of aliphatic imine (C=N–C) groups is 3. The molecule has 6 nitrogen and oxygen atoms in total. The maximum Gasteiger partial charge on any atom is 0.101 e. The van der Waals surface area contributed by atoms with Gasteiger partial charge in [-0.05, 0) is 48.7 Å². The summed E-state index contributed by atoms with van der Waals surface area (Å²) in [6.45, 7) is 8.65. The van der Waals surface area contributed by atoms with Crippen molar-refractivity contribution in [3.63, 3.8) is 0 Å². The van der Waals surface area contributed by atoms with Crippen LogP contribution in [0, 0.1) is 27.6 Å². The van der Waals surface area contributed by atoms with Gasteiger partial charge in [-0.2, -0.15) is 5.26 Å². The van der Waals surface area contributed by atoms with Crippen molar-refractivity contribution in [3.05, 3.63) is 76.1 Å². The zero-order valence-corrected chi connectivity index (χ0v) is 18.7. The van der Waals surface area contributed by atoms with E-state index in [0.29, 0.717) is 22.6 Å². The van der Waals surface area contributed by atoms with Crippen LogP contribution >= 0.6 is 0 Å². The smallest absolute Gasteiger partial charge is 0.101 e. The summed E-state index contributed by atoms with van der Waals surface area (Å²) in [6, 6.07) is 2.28. The Hall–Kier alpha value is -3.81. The molecular weight excluding hydrogens is 396 g/mol. The molecule has 0 aromatic carbocycles. The SMILES string of the molecule is CC1(C)CC2=CC3=NC(=CC4=NC(=CC5=NC(=CC5=C=N)C=C1N2)CC4(C)C)C=C3C#N. The van der Waals surface area contributed by atoms with Crippen LogP contribution in [0.3, 0.4) is 0 Å². The van der Waals surface area contributed by atoms with Gasteiger partial charge in [0.15, 0.2) is 0 Å². The third-order valence-electron chi connectivity index (χ3n) is 6.32. The molecule has 1 fully saturated rings. The van der Waals surface area contributed by atoms with Crippen LogP contribution in [0.2, 0.25) is 0 Å². The average molecular weight is 421 g/mol. The molecule has 8 bridgehead atoms. The zero-order chi connectivity index (χ0) is 22.7. The fraction of sp³-hybridized carbons (Fsp3) is 0.308. The Kier molecular flexibility index (Phi) is 4.30. The molecule has 0 spiro atoms. The first-order valence-corrected chi connectivity index (χ1v) is 10.7. The first-order valence-electron chi connectivity index (χ1n) is 10.7. The number of nitrogens with one attached hydrogen (secondary N) is 2. The molecule has 5 heterocycles. The predicted octanol–water partition coefficient (Wildman–Crippen LogP) is 4.84. The Balaban J connectivity index is 1.72. The predicted molar refractivity (Wildman–Crippen MR) is 128 cm³/mol. The van der Waals surface area contributed by atoms with Crippen molar-refractivity contribution in [1.29, 1.82) is 10.7 Å². The number of hydrogen-bond donors (Lipinski definition) is 2. The molecule has 32 heavy (non-hydrogen) atoms. The Morgan fingerprint density at radius 2 is 1.62 bits per heavy atom. The van der Waals surface area contributed by atoms with Crippen molar-refractivity contribution in [3.8, 4) is 6.07 Å². The molecule has 0 atom stereocenters. The second-order valence-corrected chi connectivity index (χ2v) is 9.95. The van der Waals surface area contributed by atoms with Gasteiger partial charge in [-0.1, -0.05) is 27.7 Å². The van der Waals surface area contributed by atoms with Gasteiger partial charge < -0.3 is 5.32 Å². The minimum atomic E-state index is -0.166. The molecule has 0 radical (unpaired) electrons. The molecule has 6 heteroatoms. The van der Waals surface area contributed by atoms with Gasteiger partial charge in [-0.3, -0.25) is 10.4 Å². The van der Waals surface area contributed by atoms with E-state index in [0.717, 1.165) is 47.0 Å². The van der Waals surface area contributed by atoms with E-state index >= 15 is 0 Å². The lowest BCUT2D eigenvalue weighted by molar-refractivity contribution is 0.477. The van der Waals surface area contributed by atoms with Gasteiger partial charge in [0.2, 0.25) is 0 Å². The third-order valence-corrected chi connectivity index (χ3v) is 6.32. The van der Waals surface area contributed by atoms with E-state index in [9.17, 15) is 5.26 Å². The molecule has 0 saturated carbocycles. The highest BCUT2D eigenvalue weighted by Crippen LogP contribution is 2.41. The minimum absolute atomic E-state index is 0.117. The minimum Gasteiger partial charge on any atom is -0.362 e. The molecular formula is C26H24N6. The molecule has 0 aromatic heterocycles. The standard InChI is InChI=1S/C26H24N6/c1-25(2)11-19-7-21-16(14-28)6-18(30-21)10-24-26(3,4)12-20(32-24)8-22-15(13-27)5-17(29-22)9-23(25)31-19/h5-10,27,31H,11-12H2,1-4H3. The lowest BCUT2D eigenvalue weighted by atomic mass is 9.85. The number of nitrogens with zero attached hydrogens (tertiary/aromatic N) is 4. The summed E-state index contributed by atoms with van der Waals surface area (Å²) in [5.74, 6) is 2.52. The summed E-state index contributed by atoms with van der Waals surface area (Å²) in [5.41, 5.74) is 7.74. The van der Waals surface area contributed by atoms with Gasteiger partial charge in [0, 0.05) is 40.1 Å². The summed E-state index contributed by atoms with van der Waals surface area (Å²) in [4.78, 5) is 14.4. The van der Waals surface area contributed by atoms with Crippen LogP contribution in [-0.4, -0.2) is 23.0 Å². The van der Waals surface area contributed by atoms with Crippen LogP contribution in [-0.2, 0) is 0 Å². The van der Waals surface area contributed by atoms with Crippen molar-refractivity contribution in [1.82, 2.24) is 5.32 Å². The van der Waals surface area contributed by atoms with Crippen molar-refractivity contribution >= 4 is 23.0 Å². The Bertz CT molecular complexity index is 1330. The van der Waals surface area contributed by atoms with Crippen LogP contribution in [0.15, 0.2) is 91.1 Å². The van der Waals surface area contributed by atoms with Crippen molar-refractivity contribution < 1.29 is 0 Å². The average Bonchev–Trinajstić information content (AvgIpc) is 3.41. The highest BCUT2D eigenvalue weighted by atomic mass is 15.0. The third kappa shape index (κ3) is 3.37. The lowest BCUT2D eigenvalue weighted by Gasteiger charge is -2.17. The van der Waals surface area contributed by atoms with Gasteiger partial charge in [-0.15, -0.1) is 0 Å². The highest BCUT2D eigenvalue weighted by Gasteiger charge is 2.35. The largest absolute Gasteiger partial charge is 0.362 e. The van der Waals surface area contributed by atoms with Crippen LogP contribution < -0.4 is 5.32 Å². The van der Waals surface area contributed by atoms with E-state index in [-0.39, 0.29) is 10.8 Å². The summed E-state index contributed by atoms with van der Waals surface area (Å²) < 4.78 is 0. The van der Waals surface area contributed by atoms with Gasteiger partial charge >= 0.3 is 0 Å². The first-order chi connectivity index (χ1) is 15.2. The van der Waals surface area contributed by atoms with Crippen molar-refractivity contribution in [2.24, 2.45) is 25.8 Å². The van der Waals surface area contributed by atoms with Gasteiger partial charge in [-0.25, -0.2) is 9.98 Å². The molecule has 158 valence electrons. The number of rotatable bonds is 0. The number of nitriles is 1. The number of allylic oxidation sites excluding steroid dienone is 11. The maximum atomic E-state index is 9.67. The molecule has 1 saturated heterocycles. The van der Waals surface area contributed by atoms with E-state index in [1.807, 2.05) is 36.5 Å². The van der Waals surface area contributed by atoms with E-state index in [4.69, 9.17) is 20.4 Å². The summed E-state index contributed by atoms with van der Waals surface area (Å²) >= 11 is 0.